The summed E-state index contributed by atoms with van der Waals surface area (Å²) in [5.74, 6) is 0. The maximum Gasteiger partial charge on any atom is 0.415 e. The van der Waals surface area contributed by atoms with Crippen LogP contribution in [0.25, 0.3) is 0 Å². The van der Waals surface area contributed by atoms with Gasteiger partial charge in [0.2, 0.25) is 0 Å². The summed E-state index contributed by atoms with van der Waals surface area (Å²) in [6.45, 7) is 0.209. The number of nitrogens with two attached hydrogens (primary N) is 2. The highest BCUT2D eigenvalue weighted by Gasteiger charge is 2.23. The van der Waals surface area contributed by atoms with Crippen LogP contribution in [0.5, 0.6) is 0 Å². The van der Waals surface area contributed by atoms with E-state index in [1.807, 2.05) is 30.3 Å². The molecule has 5 heteroatoms. The predicted octanol–water partition coefficient (Wildman–Crippen LogP) is 1.28. The number of allylic oxidation sites excluding steroid dienone is 2. The van der Waals surface area contributed by atoms with E-state index in [4.69, 9.17) is 16.2 Å². The zero-order chi connectivity index (χ0) is 13.0. The highest BCUT2D eigenvalue weighted by molar-refractivity contribution is 5.70. The second-order valence-corrected chi connectivity index (χ2v) is 3.90. The second kappa shape index (κ2) is 5.37. The fraction of sp³-hybridized carbons (Fsp3) is 0.154. The van der Waals surface area contributed by atoms with Gasteiger partial charge in [0.25, 0.3) is 0 Å². The van der Waals surface area contributed by atoms with Crippen LogP contribution in [0.15, 0.2) is 54.4 Å². The minimum Gasteiger partial charge on any atom is -0.444 e. The quantitative estimate of drug-likeness (QED) is 0.822. The van der Waals surface area contributed by atoms with Gasteiger partial charge in [-0.05, 0) is 17.7 Å². The Morgan fingerprint density at radius 1 is 1.33 bits per heavy atom. The fourth-order valence-electron chi connectivity index (χ4n) is 1.57. The van der Waals surface area contributed by atoms with Gasteiger partial charge in [-0.15, -0.1) is 0 Å². The summed E-state index contributed by atoms with van der Waals surface area (Å²) in [5, 5.41) is 0. The number of benzene rings is 1. The first-order valence-corrected chi connectivity index (χ1v) is 5.57. The minimum atomic E-state index is -0.668. The summed E-state index contributed by atoms with van der Waals surface area (Å²) in [5.41, 5.74) is 12.8. The van der Waals surface area contributed by atoms with E-state index in [-0.39, 0.29) is 6.61 Å². The van der Waals surface area contributed by atoms with Crippen molar-refractivity contribution in [3.05, 3.63) is 59.9 Å². The van der Waals surface area contributed by atoms with Crippen LogP contribution < -0.4 is 11.5 Å². The number of nitrogens with zero attached hydrogens (tertiary/aromatic N) is 1. The van der Waals surface area contributed by atoms with Crippen molar-refractivity contribution in [2.45, 2.75) is 12.8 Å². The lowest BCUT2D eigenvalue weighted by Gasteiger charge is -2.27. The smallest absolute Gasteiger partial charge is 0.415 e. The van der Waals surface area contributed by atoms with E-state index in [2.05, 4.69) is 0 Å². The summed E-state index contributed by atoms with van der Waals surface area (Å²) in [6.07, 6.45) is 3.68. The normalized spacial score (nSPS) is 18.4. The number of hydrogen-bond donors (Lipinski definition) is 2. The van der Waals surface area contributed by atoms with Gasteiger partial charge in [-0.25, -0.2) is 4.79 Å². The lowest BCUT2D eigenvalue weighted by atomic mass is 10.2. The summed E-state index contributed by atoms with van der Waals surface area (Å²) in [4.78, 5) is 13.1. The maximum absolute atomic E-state index is 11.8. The maximum atomic E-state index is 11.8. The molecule has 0 spiro atoms. The van der Waals surface area contributed by atoms with E-state index in [9.17, 15) is 4.79 Å². The van der Waals surface area contributed by atoms with Crippen LogP contribution in [-0.4, -0.2) is 17.2 Å². The van der Waals surface area contributed by atoms with Gasteiger partial charge in [-0.2, -0.15) is 0 Å². The molecule has 1 aliphatic heterocycles. The van der Waals surface area contributed by atoms with E-state index in [0.717, 1.165) is 5.56 Å². The minimum absolute atomic E-state index is 0.209. The highest BCUT2D eigenvalue weighted by atomic mass is 16.6. The molecule has 1 aliphatic rings. The monoisotopic (exact) mass is 245 g/mol. The van der Waals surface area contributed by atoms with Gasteiger partial charge in [0.15, 0.2) is 0 Å². The van der Waals surface area contributed by atoms with Gasteiger partial charge in [-0.3, -0.25) is 4.90 Å². The molecule has 1 atom stereocenters. The molecule has 0 aromatic heterocycles. The van der Waals surface area contributed by atoms with Crippen molar-refractivity contribution in [3.8, 4) is 0 Å². The van der Waals surface area contributed by atoms with Crippen LogP contribution in [-0.2, 0) is 11.3 Å². The molecular formula is C13H15N3O2. The highest BCUT2D eigenvalue weighted by Crippen LogP contribution is 2.11. The molecule has 0 aliphatic carbocycles. The average Bonchev–Trinajstić information content (AvgIpc) is 2.40. The Bertz CT molecular complexity index is 482. The van der Waals surface area contributed by atoms with Gasteiger partial charge < -0.3 is 16.2 Å². The largest absolute Gasteiger partial charge is 0.444 e. The van der Waals surface area contributed by atoms with Crippen molar-refractivity contribution in [1.82, 2.24) is 4.90 Å². The molecule has 1 unspecified atom stereocenters. The zero-order valence-corrected chi connectivity index (χ0v) is 9.82. The second-order valence-electron chi connectivity index (χ2n) is 3.90. The van der Waals surface area contributed by atoms with Crippen molar-refractivity contribution in [2.75, 3.05) is 0 Å². The van der Waals surface area contributed by atoms with Crippen LogP contribution in [0.3, 0.4) is 0 Å². The van der Waals surface area contributed by atoms with Crippen LogP contribution in [0.4, 0.5) is 4.79 Å². The Kier molecular flexibility index (Phi) is 3.64. The Labute approximate surface area is 105 Å². The van der Waals surface area contributed by atoms with Crippen LogP contribution >= 0.6 is 0 Å². The number of hydrogen-bond acceptors (Lipinski definition) is 4. The fourth-order valence-corrected chi connectivity index (χ4v) is 1.57. The number of carbonyl (C=O) groups is 1. The molecule has 0 radical (unpaired) electrons. The van der Waals surface area contributed by atoms with Crippen LogP contribution in [0.1, 0.15) is 5.56 Å². The first-order valence-electron chi connectivity index (χ1n) is 5.57. The van der Waals surface area contributed by atoms with Crippen molar-refractivity contribution in [3.63, 3.8) is 0 Å². The molecule has 18 heavy (non-hydrogen) atoms. The number of rotatable bonds is 2. The third-order valence-corrected chi connectivity index (χ3v) is 2.59. The van der Waals surface area contributed by atoms with Gasteiger partial charge in [0.05, 0.1) is 0 Å². The van der Waals surface area contributed by atoms with Crippen molar-refractivity contribution < 1.29 is 9.53 Å². The SMILES string of the molecule is NC1=CC=CN(C(=O)OCc2ccccc2)C1N. The molecule has 94 valence electrons. The summed E-state index contributed by atoms with van der Waals surface area (Å²) in [7, 11) is 0. The summed E-state index contributed by atoms with van der Waals surface area (Å²) in [6, 6.07) is 9.44. The molecule has 0 fully saturated rings. The molecule has 1 aromatic rings. The molecular weight excluding hydrogens is 230 g/mol. The molecule has 2 rings (SSSR count). The van der Waals surface area contributed by atoms with Crippen molar-refractivity contribution in [1.29, 1.82) is 0 Å². The number of amides is 1. The van der Waals surface area contributed by atoms with Crippen LogP contribution in [0, 0.1) is 0 Å². The first-order chi connectivity index (χ1) is 8.68. The third kappa shape index (κ3) is 2.70. The zero-order valence-electron chi connectivity index (χ0n) is 9.82. The van der Waals surface area contributed by atoms with E-state index < -0.39 is 12.3 Å². The van der Waals surface area contributed by atoms with Gasteiger partial charge in [-0.1, -0.05) is 30.3 Å². The average molecular weight is 245 g/mol. The Morgan fingerprint density at radius 3 is 2.78 bits per heavy atom. The van der Waals surface area contributed by atoms with E-state index in [1.165, 1.54) is 4.90 Å². The van der Waals surface area contributed by atoms with Crippen molar-refractivity contribution in [2.24, 2.45) is 11.5 Å². The van der Waals surface area contributed by atoms with E-state index in [1.54, 1.807) is 18.4 Å². The number of carbonyl (C=O) groups excluding carboxylic acids is 1. The molecule has 4 N–H and O–H groups in total. The van der Waals surface area contributed by atoms with Gasteiger partial charge >= 0.3 is 6.09 Å². The lowest BCUT2D eigenvalue weighted by molar-refractivity contribution is 0.103. The first kappa shape index (κ1) is 12.2. The van der Waals surface area contributed by atoms with Crippen molar-refractivity contribution >= 4 is 6.09 Å². The van der Waals surface area contributed by atoms with E-state index >= 15 is 0 Å². The summed E-state index contributed by atoms with van der Waals surface area (Å²) >= 11 is 0. The third-order valence-electron chi connectivity index (χ3n) is 2.59. The lowest BCUT2D eigenvalue weighted by Crippen LogP contribution is -2.47. The Hall–Kier alpha value is -2.27. The molecule has 5 nitrogen and oxygen atoms in total. The Balaban J connectivity index is 1.93. The summed E-state index contributed by atoms with van der Waals surface area (Å²) < 4.78 is 5.16. The molecule has 1 heterocycles. The topological polar surface area (TPSA) is 81.6 Å². The molecule has 0 bridgehead atoms. The molecule has 1 aromatic carbocycles. The van der Waals surface area contributed by atoms with E-state index in [0.29, 0.717) is 5.70 Å². The van der Waals surface area contributed by atoms with Gasteiger partial charge in [0.1, 0.15) is 12.8 Å². The molecule has 0 saturated heterocycles. The number of ether oxygens (including phenoxy) is 1. The Morgan fingerprint density at radius 2 is 2.06 bits per heavy atom. The van der Waals surface area contributed by atoms with Gasteiger partial charge in [0, 0.05) is 11.9 Å². The standard InChI is InChI=1S/C13H15N3O2/c14-11-7-4-8-16(12(11)15)13(17)18-9-10-5-2-1-3-6-10/h1-8,12H,9,14-15H2. The van der Waals surface area contributed by atoms with Crippen LogP contribution in [0.2, 0.25) is 0 Å². The predicted molar refractivity (Wildman–Crippen MR) is 67.9 cm³/mol. The molecule has 0 saturated carbocycles. The molecule has 1 amide bonds.